The molecule has 0 radical (unpaired) electrons. The molecule has 1 unspecified atom stereocenters. The summed E-state index contributed by atoms with van der Waals surface area (Å²) in [5.41, 5.74) is -0.985. The third-order valence-electron chi connectivity index (χ3n) is 3.36. The van der Waals surface area contributed by atoms with Crippen LogP contribution in [-0.4, -0.2) is 28.9 Å². The molecule has 6 heteroatoms. The van der Waals surface area contributed by atoms with E-state index in [1.165, 1.54) is 4.90 Å². The predicted octanol–water partition coefficient (Wildman–Crippen LogP) is -1.28. The standard InChI is InChI=1S/C12H20N2O2S.Na/c1-5-12(7-6-8(2)3)9(15)13-11(17)14(4)10(12)16;/h8H,5-7H2,1-4H3,(H,13,15,17);/q;+1/p-1. The van der Waals surface area contributed by atoms with Crippen molar-refractivity contribution in [2.24, 2.45) is 16.3 Å². The van der Waals surface area contributed by atoms with Crippen LogP contribution in [0.3, 0.4) is 0 Å². The third kappa shape index (κ3) is 3.32. The van der Waals surface area contributed by atoms with Crippen LogP contribution >= 0.6 is 0 Å². The molecule has 4 nitrogen and oxygen atoms in total. The molecular weight excluding hydrogens is 259 g/mol. The van der Waals surface area contributed by atoms with E-state index < -0.39 is 5.41 Å². The predicted molar refractivity (Wildman–Crippen MR) is 69.4 cm³/mol. The normalized spacial score (nSPS) is 24.1. The van der Waals surface area contributed by atoms with Gasteiger partial charge in [0.05, 0.1) is 0 Å². The summed E-state index contributed by atoms with van der Waals surface area (Å²) < 4.78 is 0. The maximum Gasteiger partial charge on any atom is 1.00 e. The van der Waals surface area contributed by atoms with Crippen LogP contribution in [-0.2, 0) is 22.2 Å². The fourth-order valence-electron chi connectivity index (χ4n) is 2.00. The molecule has 2 amide bonds. The molecule has 1 atom stereocenters. The number of nitrogens with zero attached hydrogens (tertiary/aromatic N) is 2. The summed E-state index contributed by atoms with van der Waals surface area (Å²) in [5.74, 6) is -0.113. The molecule has 1 aliphatic heterocycles. The van der Waals surface area contributed by atoms with E-state index in [9.17, 15) is 9.59 Å². The molecule has 0 spiro atoms. The average Bonchev–Trinajstić information content (AvgIpc) is 2.27. The molecule has 1 rings (SSSR count). The number of rotatable bonds is 4. The van der Waals surface area contributed by atoms with Crippen LogP contribution < -0.4 is 29.6 Å². The van der Waals surface area contributed by atoms with Crippen LogP contribution in [0.2, 0.25) is 0 Å². The van der Waals surface area contributed by atoms with Crippen molar-refractivity contribution in [3.63, 3.8) is 0 Å². The van der Waals surface area contributed by atoms with Gasteiger partial charge in [0.25, 0.3) is 5.91 Å². The van der Waals surface area contributed by atoms with Crippen LogP contribution in [0.4, 0.5) is 0 Å². The number of carbonyl (C=O) groups is 2. The first-order chi connectivity index (χ1) is 7.85. The second-order valence-electron chi connectivity index (χ2n) is 4.93. The van der Waals surface area contributed by atoms with Gasteiger partial charge in [0.1, 0.15) is 5.41 Å². The van der Waals surface area contributed by atoms with E-state index in [4.69, 9.17) is 12.6 Å². The van der Waals surface area contributed by atoms with Crippen molar-refractivity contribution < 1.29 is 39.1 Å². The molecular formula is C12H19N2NaO2S. The minimum absolute atomic E-state index is 0. The SMILES string of the molecule is CCC1(CCC(C)C)C(=O)N=C([S-])N(C)C1=O.[Na+]. The van der Waals surface area contributed by atoms with Gasteiger partial charge in [-0.15, -0.1) is 0 Å². The first-order valence-electron chi connectivity index (χ1n) is 5.93. The van der Waals surface area contributed by atoms with Crippen molar-refractivity contribution in [2.75, 3.05) is 7.05 Å². The first-order valence-corrected chi connectivity index (χ1v) is 6.34. The van der Waals surface area contributed by atoms with Gasteiger partial charge in [-0.05, 0) is 30.3 Å². The summed E-state index contributed by atoms with van der Waals surface area (Å²) in [6, 6.07) is 0. The molecule has 1 heterocycles. The van der Waals surface area contributed by atoms with E-state index in [1.807, 2.05) is 6.92 Å². The second kappa shape index (κ2) is 6.98. The molecule has 0 aromatic carbocycles. The minimum Gasteiger partial charge on any atom is -0.742 e. The van der Waals surface area contributed by atoms with Gasteiger partial charge in [-0.3, -0.25) is 9.59 Å². The summed E-state index contributed by atoms with van der Waals surface area (Å²) in [6.45, 7) is 6.01. The fourth-order valence-corrected chi connectivity index (χ4v) is 2.16. The van der Waals surface area contributed by atoms with Crippen molar-refractivity contribution in [3.05, 3.63) is 0 Å². The maximum atomic E-state index is 12.3. The Bertz CT molecular complexity index is 371. The Morgan fingerprint density at radius 1 is 1.39 bits per heavy atom. The van der Waals surface area contributed by atoms with Gasteiger partial charge in [-0.2, -0.15) is 0 Å². The summed E-state index contributed by atoms with van der Waals surface area (Å²) in [6.07, 6.45) is 1.87. The zero-order chi connectivity index (χ0) is 13.2. The molecule has 0 aliphatic carbocycles. The van der Waals surface area contributed by atoms with Gasteiger partial charge in [-0.1, -0.05) is 20.8 Å². The molecule has 0 saturated heterocycles. The summed E-state index contributed by atoms with van der Waals surface area (Å²) in [4.78, 5) is 29.4. The Labute approximate surface area is 136 Å². The molecule has 0 saturated carbocycles. The van der Waals surface area contributed by atoms with Crippen molar-refractivity contribution in [3.8, 4) is 0 Å². The van der Waals surface area contributed by atoms with Crippen LogP contribution in [0.25, 0.3) is 0 Å². The number of hydrogen-bond acceptors (Lipinski definition) is 3. The second-order valence-corrected chi connectivity index (χ2v) is 5.30. The van der Waals surface area contributed by atoms with Crippen molar-refractivity contribution in [1.29, 1.82) is 0 Å². The maximum absolute atomic E-state index is 12.3. The number of aliphatic imine (C=N–C) groups is 1. The van der Waals surface area contributed by atoms with Crippen molar-refractivity contribution in [1.82, 2.24) is 4.90 Å². The average molecular weight is 278 g/mol. The summed E-state index contributed by atoms with van der Waals surface area (Å²) in [7, 11) is 1.58. The molecule has 0 aromatic rings. The fraction of sp³-hybridized carbons (Fsp3) is 0.750. The Balaban J connectivity index is 0.00000289. The van der Waals surface area contributed by atoms with E-state index in [1.54, 1.807) is 7.05 Å². The molecule has 0 bridgehead atoms. The third-order valence-corrected chi connectivity index (χ3v) is 3.72. The number of amidine groups is 1. The molecule has 0 fully saturated rings. The van der Waals surface area contributed by atoms with E-state index in [2.05, 4.69) is 18.8 Å². The summed E-state index contributed by atoms with van der Waals surface area (Å²) in [5, 5.41) is 0.0774. The quantitative estimate of drug-likeness (QED) is 0.366. The van der Waals surface area contributed by atoms with Crippen LogP contribution in [0.15, 0.2) is 4.99 Å². The largest absolute Gasteiger partial charge is 1.00 e. The topological polar surface area (TPSA) is 49.7 Å². The minimum atomic E-state index is -0.985. The van der Waals surface area contributed by atoms with Crippen molar-refractivity contribution in [2.45, 2.75) is 40.0 Å². The zero-order valence-corrected chi connectivity index (χ0v) is 14.6. The molecule has 1 aliphatic rings. The van der Waals surface area contributed by atoms with Crippen LogP contribution in [0.1, 0.15) is 40.0 Å². The molecule has 0 N–H and O–H groups in total. The summed E-state index contributed by atoms with van der Waals surface area (Å²) >= 11 is 4.89. The molecule has 18 heavy (non-hydrogen) atoms. The Kier molecular flexibility index (Phi) is 7.00. The zero-order valence-electron chi connectivity index (χ0n) is 11.8. The number of amides is 2. The van der Waals surface area contributed by atoms with Gasteiger partial charge in [0.15, 0.2) is 0 Å². The van der Waals surface area contributed by atoms with Gasteiger partial charge in [0.2, 0.25) is 5.91 Å². The molecule has 96 valence electrons. The first kappa shape index (κ1) is 18.0. The van der Waals surface area contributed by atoms with E-state index >= 15 is 0 Å². The van der Waals surface area contributed by atoms with Crippen molar-refractivity contribution >= 4 is 29.6 Å². The van der Waals surface area contributed by atoms with Gasteiger partial charge in [-0.25, -0.2) is 4.99 Å². The number of hydrogen-bond donors (Lipinski definition) is 0. The number of carbonyl (C=O) groups excluding carboxylic acids is 2. The molecule has 0 aromatic heterocycles. The van der Waals surface area contributed by atoms with E-state index in [0.29, 0.717) is 18.8 Å². The van der Waals surface area contributed by atoms with Gasteiger partial charge < -0.3 is 17.5 Å². The van der Waals surface area contributed by atoms with Gasteiger partial charge in [0, 0.05) is 7.05 Å². The van der Waals surface area contributed by atoms with Crippen LogP contribution in [0.5, 0.6) is 0 Å². The van der Waals surface area contributed by atoms with Gasteiger partial charge >= 0.3 is 29.6 Å². The Morgan fingerprint density at radius 3 is 2.39 bits per heavy atom. The Morgan fingerprint density at radius 2 is 1.94 bits per heavy atom. The van der Waals surface area contributed by atoms with Crippen LogP contribution in [0, 0.1) is 11.3 Å². The van der Waals surface area contributed by atoms with E-state index in [-0.39, 0.29) is 46.5 Å². The monoisotopic (exact) mass is 278 g/mol. The smallest absolute Gasteiger partial charge is 0.742 e. The van der Waals surface area contributed by atoms with E-state index in [0.717, 1.165) is 6.42 Å². The Hall–Kier alpha value is 0.0300.